The van der Waals surface area contributed by atoms with Gasteiger partial charge in [-0.15, -0.1) is 0 Å². The Morgan fingerprint density at radius 2 is 0.857 bits per heavy atom. The lowest BCUT2D eigenvalue weighted by molar-refractivity contribution is -0.671. The van der Waals surface area contributed by atoms with Crippen LogP contribution < -0.4 is 90.4 Å². The number of aliphatic hydroxyl groups excluding tert-OH is 7. The molecule has 2 saturated heterocycles. The Morgan fingerprint density at radius 3 is 1.30 bits per heavy atom. The molecule has 11 rings (SSSR count). The predicted octanol–water partition coefficient (Wildman–Crippen LogP) is -6.19. The fraction of sp³-hybridized carbons (Fsp3) is 0.268. The van der Waals surface area contributed by atoms with E-state index in [-0.39, 0.29) is 77.7 Å². The number of halogens is 3. The zero-order chi connectivity index (χ0) is 51.4. The minimum atomic E-state index is -1.82. The van der Waals surface area contributed by atoms with Gasteiger partial charge in [0.25, 0.3) is 0 Å². The fourth-order valence-corrected chi connectivity index (χ4v) is 9.96. The highest BCUT2D eigenvalue weighted by atomic mass is 127. The standard InChI is InChI=1S/C56H55N7O11.3HI/c1-61-22-16-30(17-23-61)45-34-8-10-36(57-34)46(31-18-24-62(2)25-19-31)38-12-14-40(59-38)48(41-15-13-39(60-41)47(37-11-9-35(45)58-37)32-20-26-63(3)27-21-32)33-6-4-5-7-42(33)71-55-53(70)51(68)54(44(29-65)73-55)74-56-52(69)50(67)49(66)43(28-64)72-56;;;/h4-27,43-44,49-56,64-70H,28-29H2,1-3H3,(H,57,58,59,60);3*1H/q+2;;;/p-2/t43-,44-,49+,50+,51-,52-,53-,54-,55-,56+;;;/m1.../s1. The van der Waals surface area contributed by atoms with Crippen LogP contribution in [0.2, 0.25) is 0 Å². The normalized spacial score (nSPS) is 23.6. The summed E-state index contributed by atoms with van der Waals surface area (Å²) in [5.41, 5.74) is 12.4. The molecule has 77 heavy (non-hydrogen) atoms. The largest absolute Gasteiger partial charge is 1.00 e. The van der Waals surface area contributed by atoms with Crippen molar-refractivity contribution >= 4 is 46.4 Å². The third kappa shape index (κ3) is 11.4. The molecule has 21 heteroatoms. The summed E-state index contributed by atoms with van der Waals surface area (Å²) in [6.45, 7) is -1.45. The van der Waals surface area contributed by atoms with Gasteiger partial charge in [0.2, 0.25) is 6.29 Å². The Morgan fingerprint density at radius 1 is 0.468 bits per heavy atom. The number of ether oxygens (including phenoxy) is 4. The summed E-state index contributed by atoms with van der Waals surface area (Å²) >= 11 is 0. The van der Waals surface area contributed by atoms with E-state index in [2.05, 4.69) is 34.2 Å². The highest BCUT2D eigenvalue weighted by Gasteiger charge is 2.51. The van der Waals surface area contributed by atoms with Crippen LogP contribution in [0, 0.1) is 0 Å². The van der Waals surface area contributed by atoms with Crippen LogP contribution in [0.25, 0.3) is 90.9 Å². The molecule has 2 fully saturated rings. The van der Waals surface area contributed by atoms with Gasteiger partial charge in [0.15, 0.2) is 43.5 Å². The second-order valence-corrected chi connectivity index (χ2v) is 18.9. The number of pyridine rings is 3. The van der Waals surface area contributed by atoms with Crippen LogP contribution in [0.4, 0.5) is 0 Å². The third-order valence-electron chi connectivity index (χ3n) is 13.9. The first kappa shape index (κ1) is 58.0. The van der Waals surface area contributed by atoms with Crippen molar-refractivity contribution in [2.75, 3.05) is 13.2 Å². The Kier molecular flexibility index (Phi) is 18.4. The van der Waals surface area contributed by atoms with E-state index in [9.17, 15) is 35.7 Å². The second kappa shape index (κ2) is 24.5. The number of hydrogen-bond acceptors (Lipinski definition) is 13. The van der Waals surface area contributed by atoms with Gasteiger partial charge in [-0.2, -0.15) is 0 Å². The van der Waals surface area contributed by atoms with E-state index in [0.717, 1.165) is 61.3 Å². The van der Waals surface area contributed by atoms with Crippen molar-refractivity contribution in [2.45, 2.75) is 61.4 Å². The predicted molar refractivity (Wildman–Crippen MR) is 271 cm³/mol. The molecular weight excluding hydrogens is 1330 g/mol. The van der Waals surface area contributed by atoms with Gasteiger partial charge >= 0.3 is 0 Å². The third-order valence-corrected chi connectivity index (χ3v) is 13.9. The van der Waals surface area contributed by atoms with Crippen LogP contribution in [0.3, 0.4) is 0 Å². The molecule has 0 radical (unpaired) electrons. The number of nitrogens with zero attached hydrogens (tertiary/aromatic N) is 5. The van der Waals surface area contributed by atoms with Gasteiger partial charge in [-0.3, -0.25) is 0 Å². The zero-order valence-electron chi connectivity index (χ0n) is 41.7. The van der Waals surface area contributed by atoms with Crippen molar-refractivity contribution in [3.63, 3.8) is 0 Å². The summed E-state index contributed by atoms with van der Waals surface area (Å²) in [4.78, 5) is 18.3. The number of aromatic nitrogens is 7. The molecular formula is C56H56I3N7O11. The lowest BCUT2D eigenvalue weighted by Crippen LogP contribution is -3.00. The van der Waals surface area contributed by atoms with E-state index in [0.29, 0.717) is 28.0 Å². The quantitative estimate of drug-likeness (QED) is 0.0458. The van der Waals surface area contributed by atoms with Gasteiger partial charge in [0.1, 0.15) is 75.7 Å². The highest BCUT2D eigenvalue weighted by molar-refractivity contribution is 6.00. The number of para-hydroxylation sites is 1. The first-order valence-electron chi connectivity index (χ1n) is 24.2. The summed E-state index contributed by atoms with van der Waals surface area (Å²) in [5, 5.41) is 75.0. The summed E-state index contributed by atoms with van der Waals surface area (Å²) in [7, 11) is 5.92. The number of hydrogen-bond donors (Lipinski definition) is 9. The number of benzene rings is 1. The molecule has 402 valence electrons. The first-order chi connectivity index (χ1) is 35.9. The molecule has 10 heterocycles. The van der Waals surface area contributed by atoms with E-state index >= 15 is 0 Å². The van der Waals surface area contributed by atoms with Crippen LogP contribution in [-0.4, -0.2) is 130 Å². The summed E-state index contributed by atoms with van der Waals surface area (Å²) < 4.78 is 29.9. The molecule has 8 bridgehead atoms. The molecule has 0 saturated carbocycles. The molecule has 0 unspecified atom stereocenters. The minimum Gasteiger partial charge on any atom is -1.00 e. The van der Waals surface area contributed by atoms with Crippen molar-refractivity contribution in [3.8, 4) is 50.3 Å². The van der Waals surface area contributed by atoms with E-state index in [4.69, 9.17) is 28.9 Å². The topological polar surface area (TPSA) is 248 Å². The second-order valence-electron chi connectivity index (χ2n) is 18.9. The van der Waals surface area contributed by atoms with Crippen molar-refractivity contribution in [1.82, 2.24) is 19.9 Å². The van der Waals surface area contributed by atoms with Crippen LogP contribution in [-0.2, 0) is 35.4 Å². The minimum absolute atomic E-state index is 0. The van der Waals surface area contributed by atoms with E-state index in [1.807, 2.05) is 145 Å². The molecule has 1 aromatic carbocycles. The van der Waals surface area contributed by atoms with Gasteiger partial charge in [0, 0.05) is 86.3 Å². The molecule has 6 aromatic heterocycles. The van der Waals surface area contributed by atoms with Crippen molar-refractivity contribution in [2.24, 2.45) is 21.1 Å². The number of aryl methyl sites for hydroxylation is 3. The number of fused-ring (bicyclic) bond motifs is 8. The van der Waals surface area contributed by atoms with Gasteiger partial charge in [-0.1, -0.05) is 18.2 Å². The van der Waals surface area contributed by atoms with Crippen LogP contribution in [0.1, 0.15) is 22.8 Å². The molecule has 7 aromatic rings. The van der Waals surface area contributed by atoms with Crippen LogP contribution in [0.5, 0.6) is 5.75 Å². The van der Waals surface area contributed by atoms with Gasteiger partial charge < -0.3 is 137 Å². The molecule has 0 amide bonds. The van der Waals surface area contributed by atoms with E-state index in [1.165, 1.54) is 0 Å². The molecule has 0 aliphatic carbocycles. The maximum atomic E-state index is 11.7. The lowest BCUT2D eigenvalue weighted by Gasteiger charge is -2.45. The maximum absolute atomic E-state index is 11.7. The van der Waals surface area contributed by atoms with E-state index in [1.54, 1.807) is 12.1 Å². The Bertz CT molecular complexity index is 3420. The SMILES string of the molecule is C[n+]1ccc(-c2c3nc(c(-c4cc[n+](C)cc4)c4ccc([nH]4)c(-c4ccccc4O[C@@H]4O[C@H](CO)[C@@H](O[C@@H]5O[C@H](CO)[C@H](O)[C@H](O)[C@H]5O)[C@H](O)[C@H]4O)c4nc(c(-c5cc[n+](C)cc5)c5ccc2[nH]5)C=C4)C=C3)cc1.[I-].[I-].[I-]. The smallest absolute Gasteiger partial charge is 0.229 e. The molecule has 4 aliphatic heterocycles. The first-order valence-corrected chi connectivity index (χ1v) is 24.2. The number of nitrogens with one attached hydrogen (secondary N) is 2. The average Bonchev–Trinajstić information content (AvgIpc) is 4.27. The number of H-pyrrole nitrogens is 2. The summed E-state index contributed by atoms with van der Waals surface area (Å²) in [6, 6.07) is 27.6. The Labute approximate surface area is 493 Å². The molecule has 10 atom stereocenters. The van der Waals surface area contributed by atoms with Gasteiger partial charge in [-0.25, -0.2) is 23.7 Å². The number of aliphatic hydroxyl groups is 7. The highest BCUT2D eigenvalue weighted by Crippen LogP contribution is 2.41. The fourth-order valence-electron chi connectivity index (χ4n) is 9.96. The summed E-state index contributed by atoms with van der Waals surface area (Å²) in [6.07, 6.45) is 3.71. The zero-order valence-corrected chi connectivity index (χ0v) is 48.2. The van der Waals surface area contributed by atoms with Gasteiger partial charge in [-0.05, 0) is 71.3 Å². The molecule has 0 spiro atoms. The van der Waals surface area contributed by atoms with Crippen LogP contribution >= 0.6 is 0 Å². The number of aromatic amines is 2. The van der Waals surface area contributed by atoms with Crippen LogP contribution in [0.15, 0.2) is 122 Å². The summed E-state index contributed by atoms with van der Waals surface area (Å²) in [5.74, 6) is 0.229. The van der Waals surface area contributed by atoms with Gasteiger partial charge in [0.05, 0.1) is 36.0 Å². The molecule has 4 aliphatic rings. The molecule has 18 nitrogen and oxygen atoms in total. The average molecular weight is 1380 g/mol. The van der Waals surface area contributed by atoms with Crippen molar-refractivity contribution in [1.29, 1.82) is 0 Å². The van der Waals surface area contributed by atoms with Crippen molar-refractivity contribution in [3.05, 3.63) is 145 Å². The monoisotopic (exact) mass is 1380 g/mol. The Balaban J connectivity index is 0.00000261. The van der Waals surface area contributed by atoms with E-state index < -0.39 is 74.6 Å². The number of rotatable bonds is 10. The lowest BCUT2D eigenvalue weighted by atomic mass is 9.97. The Hall–Kier alpha value is -5.14. The molecule has 9 N–H and O–H groups in total. The maximum Gasteiger partial charge on any atom is 0.229 e. The van der Waals surface area contributed by atoms with Crippen molar-refractivity contribution < 1.29 is 140 Å².